The zero-order valence-electron chi connectivity index (χ0n) is 12.2. The molecule has 5 nitrogen and oxygen atoms in total. The maximum atomic E-state index is 12.2. The summed E-state index contributed by atoms with van der Waals surface area (Å²) in [5, 5.41) is 6.49. The van der Waals surface area contributed by atoms with Crippen molar-refractivity contribution in [3.05, 3.63) is 0 Å². The van der Waals surface area contributed by atoms with Crippen molar-refractivity contribution in [3.8, 4) is 0 Å². The van der Waals surface area contributed by atoms with Crippen molar-refractivity contribution in [3.63, 3.8) is 0 Å². The Morgan fingerprint density at radius 2 is 1.89 bits per heavy atom. The van der Waals surface area contributed by atoms with Crippen LogP contribution >= 0.6 is 0 Å². The van der Waals surface area contributed by atoms with Crippen molar-refractivity contribution in [2.45, 2.75) is 38.8 Å². The van der Waals surface area contributed by atoms with Gasteiger partial charge in [-0.2, -0.15) is 0 Å². The van der Waals surface area contributed by atoms with Gasteiger partial charge >= 0.3 is 0 Å². The largest absolute Gasteiger partial charge is 0.379 e. The molecule has 0 aromatic rings. The Morgan fingerprint density at radius 3 is 2.53 bits per heavy atom. The van der Waals surface area contributed by atoms with E-state index >= 15 is 0 Å². The number of carbonyl (C=O) groups is 1. The van der Waals surface area contributed by atoms with Gasteiger partial charge in [0.1, 0.15) is 0 Å². The van der Waals surface area contributed by atoms with Crippen LogP contribution in [0.15, 0.2) is 0 Å². The van der Waals surface area contributed by atoms with E-state index in [0.29, 0.717) is 6.04 Å². The van der Waals surface area contributed by atoms with Gasteiger partial charge in [-0.25, -0.2) is 0 Å². The van der Waals surface area contributed by atoms with Crippen LogP contribution in [0.3, 0.4) is 0 Å². The van der Waals surface area contributed by atoms with Crippen molar-refractivity contribution in [1.82, 2.24) is 15.5 Å². The lowest BCUT2D eigenvalue weighted by Crippen LogP contribution is -2.53. The van der Waals surface area contributed by atoms with Crippen molar-refractivity contribution in [2.75, 3.05) is 39.4 Å². The molecule has 19 heavy (non-hydrogen) atoms. The average Bonchev–Trinajstić information content (AvgIpc) is 2.48. The molecule has 5 heteroatoms. The molecule has 1 amide bonds. The van der Waals surface area contributed by atoms with Crippen LogP contribution in [-0.2, 0) is 9.53 Å². The molecule has 0 aromatic heterocycles. The van der Waals surface area contributed by atoms with E-state index in [0.717, 1.165) is 52.2 Å². The molecule has 2 aliphatic rings. The van der Waals surface area contributed by atoms with Crippen LogP contribution < -0.4 is 10.6 Å². The van der Waals surface area contributed by atoms with Crippen molar-refractivity contribution in [1.29, 1.82) is 0 Å². The molecule has 2 saturated heterocycles. The number of hydrogen-bond donors (Lipinski definition) is 2. The summed E-state index contributed by atoms with van der Waals surface area (Å²) in [6.07, 6.45) is 1.93. The molecule has 0 aromatic carbocycles. The first-order valence-electron chi connectivity index (χ1n) is 7.51. The topological polar surface area (TPSA) is 53.6 Å². The fourth-order valence-electron chi connectivity index (χ4n) is 2.85. The van der Waals surface area contributed by atoms with Crippen LogP contribution in [0.25, 0.3) is 0 Å². The first-order chi connectivity index (χ1) is 9.18. The van der Waals surface area contributed by atoms with Gasteiger partial charge in [-0.1, -0.05) is 0 Å². The lowest BCUT2D eigenvalue weighted by atomic mass is 9.96. The van der Waals surface area contributed by atoms with Crippen molar-refractivity contribution < 1.29 is 9.53 Å². The van der Waals surface area contributed by atoms with Crippen LogP contribution in [-0.4, -0.2) is 62.3 Å². The Balaban J connectivity index is 1.78. The Hall–Kier alpha value is -0.650. The summed E-state index contributed by atoms with van der Waals surface area (Å²) in [6, 6.07) is 0.565. The van der Waals surface area contributed by atoms with Crippen LogP contribution in [0.5, 0.6) is 0 Å². The highest BCUT2D eigenvalue weighted by Crippen LogP contribution is 2.13. The van der Waals surface area contributed by atoms with Gasteiger partial charge in [-0.15, -0.1) is 0 Å². The highest BCUT2D eigenvalue weighted by atomic mass is 16.5. The third-order valence-corrected chi connectivity index (χ3v) is 4.43. The van der Waals surface area contributed by atoms with Gasteiger partial charge in [0.25, 0.3) is 0 Å². The number of hydrogen-bond acceptors (Lipinski definition) is 4. The second kappa shape index (κ2) is 7.22. The molecule has 0 radical (unpaired) electrons. The third-order valence-electron chi connectivity index (χ3n) is 4.43. The zero-order valence-corrected chi connectivity index (χ0v) is 12.2. The number of nitrogens with zero attached hydrogens (tertiary/aromatic N) is 1. The highest BCUT2D eigenvalue weighted by molar-refractivity contribution is 5.79. The minimum Gasteiger partial charge on any atom is -0.379 e. The van der Waals surface area contributed by atoms with Gasteiger partial charge in [0.2, 0.25) is 5.91 Å². The van der Waals surface area contributed by atoms with Gasteiger partial charge in [0, 0.05) is 31.1 Å². The molecule has 2 atom stereocenters. The average molecular weight is 269 g/mol. The Kier molecular flexibility index (Phi) is 5.60. The molecule has 0 bridgehead atoms. The summed E-state index contributed by atoms with van der Waals surface area (Å²) in [5.74, 6) is 0.426. The summed E-state index contributed by atoms with van der Waals surface area (Å²) in [5.41, 5.74) is 0. The molecule has 2 rings (SSSR count). The summed E-state index contributed by atoms with van der Waals surface area (Å²) in [6.45, 7) is 9.77. The van der Waals surface area contributed by atoms with Crippen LogP contribution in [0.4, 0.5) is 0 Å². The number of rotatable bonds is 4. The number of carbonyl (C=O) groups excluding carboxylic acids is 1. The maximum Gasteiger partial charge on any atom is 0.223 e. The van der Waals surface area contributed by atoms with Crippen molar-refractivity contribution in [2.24, 2.45) is 5.92 Å². The quantitative estimate of drug-likeness (QED) is 0.766. The smallest absolute Gasteiger partial charge is 0.223 e. The van der Waals surface area contributed by atoms with Crippen LogP contribution in [0.2, 0.25) is 0 Å². The first kappa shape index (κ1) is 14.8. The molecule has 0 aliphatic carbocycles. The van der Waals surface area contributed by atoms with Crippen LogP contribution in [0.1, 0.15) is 26.7 Å². The highest BCUT2D eigenvalue weighted by Gasteiger charge is 2.26. The third kappa shape index (κ3) is 4.16. The number of piperidine rings is 1. The van der Waals surface area contributed by atoms with Gasteiger partial charge in [-0.3, -0.25) is 9.69 Å². The predicted molar refractivity (Wildman–Crippen MR) is 75.1 cm³/mol. The van der Waals surface area contributed by atoms with E-state index in [1.165, 1.54) is 0 Å². The molecule has 0 saturated carbocycles. The fraction of sp³-hybridized carbons (Fsp3) is 0.929. The Labute approximate surface area is 116 Å². The molecule has 2 aliphatic heterocycles. The summed E-state index contributed by atoms with van der Waals surface area (Å²) in [4.78, 5) is 14.6. The second-order valence-electron chi connectivity index (χ2n) is 5.71. The minimum absolute atomic E-state index is 0.195. The van der Waals surface area contributed by atoms with E-state index in [4.69, 9.17) is 4.74 Å². The molecule has 0 spiro atoms. The van der Waals surface area contributed by atoms with E-state index in [1.807, 2.05) is 0 Å². The van der Waals surface area contributed by atoms with Crippen LogP contribution in [0, 0.1) is 5.92 Å². The Bertz CT molecular complexity index is 286. The molecule has 2 N–H and O–H groups in total. The fourth-order valence-corrected chi connectivity index (χ4v) is 2.85. The lowest BCUT2D eigenvalue weighted by molar-refractivity contribution is -0.126. The molecule has 110 valence electrons. The second-order valence-corrected chi connectivity index (χ2v) is 5.71. The van der Waals surface area contributed by atoms with Gasteiger partial charge in [-0.05, 0) is 39.8 Å². The predicted octanol–water partition coefficient (Wildman–Crippen LogP) is 0.211. The van der Waals surface area contributed by atoms with E-state index in [9.17, 15) is 4.79 Å². The van der Waals surface area contributed by atoms with E-state index < -0.39 is 0 Å². The van der Waals surface area contributed by atoms with E-state index in [2.05, 4.69) is 29.4 Å². The number of amides is 1. The molecule has 2 heterocycles. The molecule has 2 unspecified atom stereocenters. The van der Waals surface area contributed by atoms with E-state index in [-0.39, 0.29) is 17.9 Å². The molecular weight excluding hydrogens is 242 g/mol. The zero-order chi connectivity index (χ0) is 13.7. The van der Waals surface area contributed by atoms with Gasteiger partial charge in [0.15, 0.2) is 0 Å². The van der Waals surface area contributed by atoms with Gasteiger partial charge in [0.05, 0.1) is 13.2 Å². The van der Waals surface area contributed by atoms with E-state index in [1.54, 1.807) is 0 Å². The van der Waals surface area contributed by atoms with Crippen molar-refractivity contribution >= 4 is 5.91 Å². The number of morpholine rings is 1. The monoisotopic (exact) mass is 269 g/mol. The lowest BCUT2D eigenvalue weighted by Gasteiger charge is -2.36. The van der Waals surface area contributed by atoms with Gasteiger partial charge < -0.3 is 15.4 Å². The maximum absolute atomic E-state index is 12.2. The minimum atomic E-state index is 0.195. The summed E-state index contributed by atoms with van der Waals surface area (Å²) < 4.78 is 5.37. The molecule has 2 fully saturated rings. The summed E-state index contributed by atoms with van der Waals surface area (Å²) >= 11 is 0. The number of ether oxygens (including phenoxy) is 1. The normalized spacial score (nSPS) is 25.8. The number of nitrogens with one attached hydrogen (secondary N) is 2. The Morgan fingerprint density at radius 1 is 1.26 bits per heavy atom. The molecular formula is C14H27N3O2. The first-order valence-corrected chi connectivity index (χ1v) is 7.51. The SMILES string of the molecule is CC(NC(=O)C1CCNCC1)C(C)N1CCOCC1. The summed E-state index contributed by atoms with van der Waals surface area (Å²) in [7, 11) is 0. The standard InChI is InChI=1S/C14H27N3O2/c1-11(12(2)17-7-9-19-10-8-17)16-14(18)13-3-5-15-6-4-13/h11-13,15H,3-10H2,1-2H3,(H,16,18).